The van der Waals surface area contributed by atoms with Gasteiger partial charge in [-0.15, -0.1) is 0 Å². The highest BCUT2D eigenvalue weighted by molar-refractivity contribution is 5.77. The molecule has 2 aromatic carbocycles. The molecule has 4 N–H and O–H groups in total. The number of nitrogens with one attached hydrogen (secondary N) is 1. The molecule has 1 aliphatic rings. The van der Waals surface area contributed by atoms with Crippen LogP contribution >= 0.6 is 0 Å². The minimum atomic E-state index is -0.614. The fraction of sp³-hybridized carbons (Fsp3) is 0.350. The highest BCUT2D eigenvalue weighted by Gasteiger charge is 2.18. The van der Waals surface area contributed by atoms with Crippen molar-refractivity contribution in [3.63, 3.8) is 0 Å². The third kappa shape index (κ3) is 5.21. The average molecular weight is 355 g/mol. The van der Waals surface area contributed by atoms with Crippen molar-refractivity contribution in [2.24, 2.45) is 0 Å². The number of ether oxygens (including phenoxy) is 1. The standard InChI is InChI=1S/C20H25N3O3/c21-17-6-3-7-19(10-17)26-14-20(25)22-11-18(24)13-23-9-8-15-4-1-2-5-16(15)12-23/h1-7,10,18,24H,8-9,11-14,21H2,(H,22,25). The van der Waals surface area contributed by atoms with Crippen molar-refractivity contribution in [3.05, 3.63) is 59.7 Å². The number of anilines is 1. The first kappa shape index (κ1) is 18.2. The molecule has 1 unspecified atom stereocenters. The third-order valence-corrected chi connectivity index (χ3v) is 4.44. The Morgan fingerprint density at radius 3 is 2.85 bits per heavy atom. The Hall–Kier alpha value is -2.57. The predicted octanol–water partition coefficient (Wildman–Crippen LogP) is 1.18. The quantitative estimate of drug-likeness (QED) is 0.649. The number of carbonyl (C=O) groups is 1. The Balaban J connectivity index is 1.37. The molecule has 1 aliphatic heterocycles. The van der Waals surface area contributed by atoms with E-state index in [9.17, 15) is 9.90 Å². The van der Waals surface area contributed by atoms with E-state index in [4.69, 9.17) is 10.5 Å². The lowest BCUT2D eigenvalue weighted by atomic mass is 10.00. The maximum absolute atomic E-state index is 11.9. The van der Waals surface area contributed by atoms with Crippen molar-refractivity contribution in [1.29, 1.82) is 0 Å². The predicted molar refractivity (Wildman–Crippen MR) is 101 cm³/mol. The van der Waals surface area contributed by atoms with Crippen LogP contribution in [-0.4, -0.2) is 48.3 Å². The Morgan fingerprint density at radius 2 is 2.04 bits per heavy atom. The van der Waals surface area contributed by atoms with Crippen LogP contribution in [0.1, 0.15) is 11.1 Å². The number of rotatable bonds is 7. The minimum absolute atomic E-state index is 0.104. The van der Waals surface area contributed by atoms with E-state index in [-0.39, 0.29) is 19.1 Å². The summed E-state index contributed by atoms with van der Waals surface area (Å²) in [6.07, 6.45) is 0.375. The first-order chi connectivity index (χ1) is 12.6. The molecule has 1 amide bonds. The molecule has 2 aromatic rings. The maximum Gasteiger partial charge on any atom is 0.258 e. The number of aliphatic hydroxyl groups is 1. The summed E-state index contributed by atoms with van der Waals surface area (Å²) in [4.78, 5) is 14.1. The van der Waals surface area contributed by atoms with E-state index in [1.54, 1.807) is 24.3 Å². The van der Waals surface area contributed by atoms with Crippen molar-refractivity contribution in [2.75, 3.05) is 32.0 Å². The first-order valence-corrected chi connectivity index (χ1v) is 8.82. The SMILES string of the molecule is Nc1cccc(OCC(=O)NCC(O)CN2CCc3ccccc3C2)c1. The van der Waals surface area contributed by atoms with Crippen molar-refractivity contribution in [2.45, 2.75) is 19.1 Å². The highest BCUT2D eigenvalue weighted by Crippen LogP contribution is 2.18. The molecule has 0 radical (unpaired) electrons. The number of hydrogen-bond donors (Lipinski definition) is 3. The molecule has 0 saturated heterocycles. The summed E-state index contributed by atoms with van der Waals surface area (Å²) in [5.41, 5.74) is 8.94. The van der Waals surface area contributed by atoms with E-state index in [0.29, 0.717) is 18.0 Å². The van der Waals surface area contributed by atoms with Gasteiger partial charge in [0, 0.05) is 37.9 Å². The van der Waals surface area contributed by atoms with Crippen LogP contribution in [0.3, 0.4) is 0 Å². The summed E-state index contributed by atoms with van der Waals surface area (Å²) in [5.74, 6) is 0.281. The summed E-state index contributed by atoms with van der Waals surface area (Å²) in [6.45, 7) is 2.38. The second-order valence-corrected chi connectivity index (χ2v) is 6.57. The summed E-state index contributed by atoms with van der Waals surface area (Å²) in [6, 6.07) is 15.3. The number of nitrogen functional groups attached to an aromatic ring is 1. The lowest BCUT2D eigenvalue weighted by molar-refractivity contribution is -0.123. The molecule has 1 heterocycles. The third-order valence-electron chi connectivity index (χ3n) is 4.44. The van der Waals surface area contributed by atoms with Gasteiger partial charge in [-0.05, 0) is 29.7 Å². The van der Waals surface area contributed by atoms with Crippen LogP contribution in [0.2, 0.25) is 0 Å². The van der Waals surface area contributed by atoms with Gasteiger partial charge in [-0.25, -0.2) is 0 Å². The van der Waals surface area contributed by atoms with Crippen LogP contribution in [0.5, 0.6) is 5.75 Å². The van der Waals surface area contributed by atoms with E-state index in [2.05, 4.69) is 28.4 Å². The zero-order valence-electron chi connectivity index (χ0n) is 14.7. The lowest BCUT2D eigenvalue weighted by Crippen LogP contribution is -2.42. The van der Waals surface area contributed by atoms with Gasteiger partial charge in [-0.1, -0.05) is 30.3 Å². The number of hydrogen-bond acceptors (Lipinski definition) is 5. The molecule has 0 saturated carbocycles. The lowest BCUT2D eigenvalue weighted by Gasteiger charge is -2.30. The van der Waals surface area contributed by atoms with Gasteiger partial charge in [0.15, 0.2) is 6.61 Å². The van der Waals surface area contributed by atoms with Crippen molar-refractivity contribution >= 4 is 11.6 Å². The molecule has 0 fully saturated rings. The Kier molecular flexibility index (Phi) is 6.09. The van der Waals surface area contributed by atoms with Gasteiger partial charge in [0.05, 0.1) is 6.10 Å². The number of nitrogens with two attached hydrogens (primary N) is 1. The van der Waals surface area contributed by atoms with Crippen LogP contribution in [-0.2, 0) is 17.8 Å². The summed E-state index contributed by atoms with van der Waals surface area (Å²) >= 11 is 0. The Morgan fingerprint density at radius 1 is 1.23 bits per heavy atom. The van der Waals surface area contributed by atoms with E-state index in [1.807, 2.05) is 6.07 Å². The molecule has 0 aromatic heterocycles. The molecule has 0 spiro atoms. The summed E-state index contributed by atoms with van der Waals surface area (Å²) in [7, 11) is 0. The largest absolute Gasteiger partial charge is 0.484 e. The molecule has 26 heavy (non-hydrogen) atoms. The van der Waals surface area contributed by atoms with Crippen LogP contribution in [0.15, 0.2) is 48.5 Å². The van der Waals surface area contributed by atoms with Gasteiger partial charge >= 0.3 is 0 Å². The zero-order valence-corrected chi connectivity index (χ0v) is 14.7. The number of β-amino-alcohol motifs (C(OH)–C–C–N with tert-alkyl or cyclic N) is 1. The maximum atomic E-state index is 11.9. The Labute approximate surface area is 153 Å². The van der Waals surface area contributed by atoms with Gasteiger partial charge in [-0.2, -0.15) is 0 Å². The summed E-state index contributed by atoms with van der Waals surface area (Å²) < 4.78 is 5.39. The molecule has 3 rings (SSSR count). The fourth-order valence-corrected chi connectivity index (χ4v) is 3.11. The number of benzene rings is 2. The average Bonchev–Trinajstić information content (AvgIpc) is 2.65. The van der Waals surface area contributed by atoms with Crippen molar-refractivity contribution in [3.8, 4) is 5.75 Å². The first-order valence-electron chi connectivity index (χ1n) is 8.82. The van der Waals surface area contributed by atoms with Gasteiger partial charge in [0.1, 0.15) is 5.75 Å². The molecule has 6 nitrogen and oxygen atoms in total. The van der Waals surface area contributed by atoms with Crippen LogP contribution in [0.4, 0.5) is 5.69 Å². The number of carbonyl (C=O) groups excluding carboxylic acids is 1. The van der Waals surface area contributed by atoms with Gasteiger partial charge in [0.25, 0.3) is 5.91 Å². The van der Waals surface area contributed by atoms with Crippen LogP contribution in [0, 0.1) is 0 Å². The number of amides is 1. The second-order valence-electron chi connectivity index (χ2n) is 6.57. The van der Waals surface area contributed by atoms with Crippen LogP contribution < -0.4 is 15.8 Å². The monoisotopic (exact) mass is 355 g/mol. The molecule has 0 aliphatic carbocycles. The molecule has 1 atom stereocenters. The molecule has 6 heteroatoms. The number of nitrogens with zero attached hydrogens (tertiary/aromatic N) is 1. The van der Waals surface area contributed by atoms with Gasteiger partial charge < -0.3 is 20.9 Å². The summed E-state index contributed by atoms with van der Waals surface area (Å²) in [5, 5.41) is 12.9. The van der Waals surface area contributed by atoms with Gasteiger partial charge in [-0.3, -0.25) is 9.69 Å². The second kappa shape index (κ2) is 8.69. The van der Waals surface area contributed by atoms with Crippen LogP contribution in [0.25, 0.3) is 0 Å². The highest BCUT2D eigenvalue weighted by atomic mass is 16.5. The van der Waals surface area contributed by atoms with E-state index < -0.39 is 6.10 Å². The number of aliphatic hydroxyl groups excluding tert-OH is 1. The smallest absolute Gasteiger partial charge is 0.258 e. The minimum Gasteiger partial charge on any atom is -0.484 e. The normalized spacial score (nSPS) is 15.1. The van der Waals surface area contributed by atoms with Gasteiger partial charge in [0.2, 0.25) is 0 Å². The van der Waals surface area contributed by atoms with Crippen molar-refractivity contribution < 1.29 is 14.6 Å². The van der Waals surface area contributed by atoms with E-state index in [0.717, 1.165) is 19.5 Å². The Bertz CT molecular complexity index is 751. The van der Waals surface area contributed by atoms with Crippen molar-refractivity contribution in [1.82, 2.24) is 10.2 Å². The molecule has 0 bridgehead atoms. The molecule has 138 valence electrons. The molecular formula is C20H25N3O3. The topological polar surface area (TPSA) is 87.8 Å². The molecular weight excluding hydrogens is 330 g/mol. The van der Waals surface area contributed by atoms with E-state index in [1.165, 1.54) is 11.1 Å². The van der Waals surface area contributed by atoms with E-state index >= 15 is 0 Å². The number of fused-ring (bicyclic) bond motifs is 1. The zero-order chi connectivity index (χ0) is 18.4. The fourth-order valence-electron chi connectivity index (χ4n) is 3.11.